The Morgan fingerprint density at radius 2 is 1.50 bits per heavy atom. The topological polar surface area (TPSA) is 18.5 Å². The summed E-state index contributed by atoms with van der Waals surface area (Å²) < 4.78 is 11.8. The van der Waals surface area contributed by atoms with Crippen LogP contribution >= 0.6 is 15.9 Å². The summed E-state index contributed by atoms with van der Waals surface area (Å²) in [7, 11) is 1.67. The molecule has 0 saturated heterocycles. The average molecular weight is 307 g/mol. The van der Waals surface area contributed by atoms with Crippen molar-refractivity contribution < 1.29 is 9.47 Å². The molecule has 0 N–H and O–H groups in total. The molecule has 0 fully saturated rings. The van der Waals surface area contributed by atoms with Crippen LogP contribution in [0, 0.1) is 0 Å². The monoisotopic (exact) mass is 306 g/mol. The Morgan fingerprint density at radius 1 is 0.889 bits per heavy atom. The Hall–Kier alpha value is -1.48. The highest BCUT2D eigenvalue weighted by atomic mass is 79.9. The van der Waals surface area contributed by atoms with Crippen LogP contribution in [-0.4, -0.2) is 13.7 Å². The van der Waals surface area contributed by atoms with Gasteiger partial charge in [-0.3, -0.25) is 0 Å². The number of methoxy groups -OCH3 is 1. The highest BCUT2D eigenvalue weighted by molar-refractivity contribution is 9.10. The Labute approximate surface area is 116 Å². The molecule has 0 aliphatic carbocycles. The average Bonchev–Trinajstić information content (AvgIpc) is 2.42. The smallest absolute Gasteiger partial charge is 0.119 e. The fourth-order valence-corrected chi connectivity index (χ4v) is 1.87. The highest BCUT2D eigenvalue weighted by Crippen LogP contribution is 2.17. The molecule has 0 aliphatic rings. The zero-order valence-electron chi connectivity index (χ0n) is 10.2. The van der Waals surface area contributed by atoms with E-state index in [4.69, 9.17) is 9.47 Å². The molecule has 0 spiro atoms. The van der Waals surface area contributed by atoms with E-state index in [1.165, 1.54) is 5.56 Å². The van der Waals surface area contributed by atoms with E-state index in [0.717, 1.165) is 22.4 Å². The normalized spacial score (nSPS) is 10.1. The van der Waals surface area contributed by atoms with Crippen molar-refractivity contribution in [1.82, 2.24) is 0 Å². The van der Waals surface area contributed by atoms with Crippen molar-refractivity contribution in [3.05, 3.63) is 58.6 Å². The minimum absolute atomic E-state index is 0.675. The lowest BCUT2D eigenvalue weighted by atomic mass is 10.1. The van der Waals surface area contributed by atoms with Gasteiger partial charge in [0, 0.05) is 10.9 Å². The van der Waals surface area contributed by atoms with Crippen LogP contribution in [0.3, 0.4) is 0 Å². The summed E-state index contributed by atoms with van der Waals surface area (Å²) in [5, 5.41) is 0. The third-order valence-corrected chi connectivity index (χ3v) is 3.16. The summed E-state index contributed by atoms with van der Waals surface area (Å²) in [5.41, 5.74) is 1.24. The number of ether oxygens (including phenoxy) is 2. The van der Waals surface area contributed by atoms with Gasteiger partial charge in [-0.1, -0.05) is 28.1 Å². The lowest BCUT2D eigenvalue weighted by molar-refractivity contribution is 0.322. The molecule has 2 aromatic rings. The first-order valence-corrected chi connectivity index (χ1v) is 6.58. The molecular weight excluding hydrogens is 292 g/mol. The minimum Gasteiger partial charge on any atom is -0.497 e. The number of benzene rings is 2. The molecule has 2 rings (SSSR count). The van der Waals surface area contributed by atoms with Crippen LogP contribution < -0.4 is 9.47 Å². The van der Waals surface area contributed by atoms with E-state index in [9.17, 15) is 0 Å². The molecular formula is C15H15BrO2. The van der Waals surface area contributed by atoms with Crippen LogP contribution in [0.25, 0.3) is 0 Å². The molecule has 0 saturated carbocycles. The number of rotatable bonds is 5. The van der Waals surface area contributed by atoms with Gasteiger partial charge in [0.1, 0.15) is 11.5 Å². The molecule has 0 bridgehead atoms. The van der Waals surface area contributed by atoms with Crippen molar-refractivity contribution in [2.45, 2.75) is 6.42 Å². The van der Waals surface area contributed by atoms with Gasteiger partial charge in [0.25, 0.3) is 0 Å². The van der Waals surface area contributed by atoms with Gasteiger partial charge in [0.2, 0.25) is 0 Å². The largest absolute Gasteiger partial charge is 0.497 e. The summed E-state index contributed by atoms with van der Waals surface area (Å²) in [6, 6.07) is 15.9. The number of hydrogen-bond acceptors (Lipinski definition) is 2. The quantitative estimate of drug-likeness (QED) is 0.828. The summed E-state index contributed by atoms with van der Waals surface area (Å²) in [6.45, 7) is 0.675. The van der Waals surface area contributed by atoms with E-state index < -0.39 is 0 Å². The molecule has 94 valence electrons. The van der Waals surface area contributed by atoms with Crippen molar-refractivity contribution >= 4 is 15.9 Å². The zero-order chi connectivity index (χ0) is 12.8. The van der Waals surface area contributed by atoms with Crippen LogP contribution in [-0.2, 0) is 6.42 Å². The van der Waals surface area contributed by atoms with E-state index >= 15 is 0 Å². The predicted molar refractivity (Wildman–Crippen MR) is 76.3 cm³/mol. The second-order valence-corrected chi connectivity index (χ2v) is 4.82. The molecule has 18 heavy (non-hydrogen) atoms. The number of halogens is 1. The molecule has 0 heterocycles. The van der Waals surface area contributed by atoms with E-state index in [-0.39, 0.29) is 0 Å². The van der Waals surface area contributed by atoms with Crippen molar-refractivity contribution in [2.24, 2.45) is 0 Å². The van der Waals surface area contributed by atoms with Gasteiger partial charge >= 0.3 is 0 Å². The van der Waals surface area contributed by atoms with Crippen LogP contribution in [0.1, 0.15) is 5.56 Å². The standard InChI is InChI=1S/C15H15BrO2/c1-17-14-6-2-12(3-7-14)10-11-18-15-8-4-13(16)5-9-15/h2-9H,10-11H2,1H3. The van der Waals surface area contributed by atoms with E-state index in [2.05, 4.69) is 28.1 Å². The molecule has 2 nitrogen and oxygen atoms in total. The Morgan fingerprint density at radius 3 is 2.11 bits per heavy atom. The fourth-order valence-electron chi connectivity index (χ4n) is 1.61. The predicted octanol–water partition coefficient (Wildman–Crippen LogP) is 4.08. The highest BCUT2D eigenvalue weighted by Gasteiger charge is 1.97. The molecule has 0 unspecified atom stereocenters. The first-order valence-electron chi connectivity index (χ1n) is 5.79. The lowest BCUT2D eigenvalue weighted by Crippen LogP contribution is -2.01. The zero-order valence-corrected chi connectivity index (χ0v) is 11.8. The van der Waals surface area contributed by atoms with Crippen molar-refractivity contribution in [3.63, 3.8) is 0 Å². The maximum absolute atomic E-state index is 5.67. The molecule has 0 aliphatic heterocycles. The van der Waals surface area contributed by atoms with Gasteiger partial charge in [0.05, 0.1) is 13.7 Å². The SMILES string of the molecule is COc1ccc(CCOc2ccc(Br)cc2)cc1. The molecule has 0 aromatic heterocycles. The van der Waals surface area contributed by atoms with Crippen molar-refractivity contribution in [2.75, 3.05) is 13.7 Å². The van der Waals surface area contributed by atoms with E-state index in [0.29, 0.717) is 6.61 Å². The third-order valence-electron chi connectivity index (χ3n) is 2.63. The minimum atomic E-state index is 0.675. The first kappa shape index (κ1) is 13.0. The van der Waals surface area contributed by atoms with Crippen molar-refractivity contribution in [1.29, 1.82) is 0 Å². The van der Waals surface area contributed by atoms with Crippen molar-refractivity contribution in [3.8, 4) is 11.5 Å². The Bertz CT molecular complexity index is 477. The van der Waals surface area contributed by atoms with Crippen LogP contribution in [0.15, 0.2) is 53.0 Å². The van der Waals surface area contributed by atoms with Crippen LogP contribution in [0.2, 0.25) is 0 Å². The molecule has 3 heteroatoms. The third kappa shape index (κ3) is 3.77. The second kappa shape index (κ2) is 6.45. The fraction of sp³-hybridized carbons (Fsp3) is 0.200. The second-order valence-electron chi connectivity index (χ2n) is 3.90. The molecule has 2 aromatic carbocycles. The lowest BCUT2D eigenvalue weighted by Gasteiger charge is -2.07. The maximum Gasteiger partial charge on any atom is 0.119 e. The number of hydrogen-bond donors (Lipinski definition) is 0. The van der Waals surface area contributed by atoms with Crippen LogP contribution in [0.4, 0.5) is 0 Å². The van der Waals surface area contributed by atoms with Gasteiger partial charge in [-0.05, 0) is 42.0 Å². The van der Waals surface area contributed by atoms with Gasteiger partial charge < -0.3 is 9.47 Å². The van der Waals surface area contributed by atoms with E-state index in [1.54, 1.807) is 7.11 Å². The van der Waals surface area contributed by atoms with Gasteiger partial charge in [-0.25, -0.2) is 0 Å². The van der Waals surface area contributed by atoms with Gasteiger partial charge in [0.15, 0.2) is 0 Å². The van der Waals surface area contributed by atoms with Gasteiger partial charge in [-0.15, -0.1) is 0 Å². The maximum atomic E-state index is 5.67. The first-order chi connectivity index (χ1) is 8.78. The summed E-state index contributed by atoms with van der Waals surface area (Å²) in [6.07, 6.45) is 0.889. The molecule has 0 radical (unpaired) electrons. The summed E-state index contributed by atoms with van der Waals surface area (Å²) in [4.78, 5) is 0. The van der Waals surface area contributed by atoms with Gasteiger partial charge in [-0.2, -0.15) is 0 Å². The molecule has 0 amide bonds. The van der Waals surface area contributed by atoms with Crippen LogP contribution in [0.5, 0.6) is 11.5 Å². The Balaban J connectivity index is 1.82. The summed E-state index contributed by atoms with van der Waals surface area (Å²) in [5.74, 6) is 1.78. The summed E-state index contributed by atoms with van der Waals surface area (Å²) >= 11 is 3.40. The molecule has 0 atom stereocenters. The van der Waals surface area contributed by atoms with E-state index in [1.807, 2.05) is 36.4 Å². The Kier molecular flexibility index (Phi) is 4.65.